The van der Waals surface area contributed by atoms with E-state index < -0.39 is 17.7 Å². The molecule has 0 radical (unpaired) electrons. The van der Waals surface area contributed by atoms with Crippen LogP contribution in [0.2, 0.25) is 0 Å². The zero-order chi connectivity index (χ0) is 24.2. The quantitative estimate of drug-likeness (QED) is 0.350. The molecule has 2 atom stereocenters. The predicted octanol–water partition coefficient (Wildman–Crippen LogP) is 4.70. The van der Waals surface area contributed by atoms with Crippen LogP contribution in [0.5, 0.6) is 0 Å². The lowest BCUT2D eigenvalue weighted by Crippen LogP contribution is -2.36. The van der Waals surface area contributed by atoms with Crippen LogP contribution in [-0.4, -0.2) is 54.0 Å². The average Bonchev–Trinajstić information content (AvgIpc) is 3.47. The Morgan fingerprint density at radius 3 is 2.26 bits per heavy atom. The van der Waals surface area contributed by atoms with Crippen LogP contribution in [-0.2, 0) is 20.7 Å². The minimum atomic E-state index is -0.652. The molecule has 0 saturated carbocycles. The van der Waals surface area contributed by atoms with Gasteiger partial charge in [-0.25, -0.2) is 0 Å². The molecule has 2 aliphatic heterocycles. The number of aliphatic hydroxyl groups is 1. The summed E-state index contributed by atoms with van der Waals surface area (Å²) in [4.78, 5) is 30.2. The summed E-state index contributed by atoms with van der Waals surface area (Å²) in [7, 11) is 0. The Kier molecular flexibility index (Phi) is 7.37. The minimum Gasteiger partial charge on any atom is -0.507 e. The van der Waals surface area contributed by atoms with Crippen molar-refractivity contribution in [1.29, 1.82) is 0 Å². The number of carbonyl (C=O) groups is 2. The number of Topliss-reactive ketones (excluding diaryl/α,β-unsaturated/α-hetero) is 1. The van der Waals surface area contributed by atoms with Gasteiger partial charge in [-0.3, -0.25) is 9.59 Å². The summed E-state index contributed by atoms with van der Waals surface area (Å²) in [5.74, 6) is -1.36. The SMILES string of the molecule is CCc1ccc(/C(O)=C2/C(=O)C(=O)N(CC3CCCO3)C2c2ccc(N(CC)CC)cc2)cc1. The number of ketones is 1. The maximum atomic E-state index is 13.2. The van der Waals surface area contributed by atoms with Gasteiger partial charge in [0.15, 0.2) is 0 Å². The van der Waals surface area contributed by atoms with Gasteiger partial charge in [-0.15, -0.1) is 0 Å². The zero-order valence-electron chi connectivity index (χ0n) is 20.3. The van der Waals surface area contributed by atoms with Crippen LogP contribution in [0, 0.1) is 0 Å². The summed E-state index contributed by atoms with van der Waals surface area (Å²) in [6, 6.07) is 14.8. The van der Waals surface area contributed by atoms with E-state index in [9.17, 15) is 14.7 Å². The summed E-state index contributed by atoms with van der Waals surface area (Å²) in [5.41, 5.74) is 3.71. The van der Waals surface area contributed by atoms with Gasteiger partial charge in [-0.1, -0.05) is 43.3 Å². The monoisotopic (exact) mass is 462 g/mol. The molecule has 0 aliphatic carbocycles. The van der Waals surface area contributed by atoms with Crippen molar-refractivity contribution >= 4 is 23.1 Å². The molecule has 6 heteroatoms. The summed E-state index contributed by atoms with van der Waals surface area (Å²) in [6.45, 7) is 9.06. The van der Waals surface area contributed by atoms with E-state index in [2.05, 4.69) is 25.7 Å². The number of hydrogen-bond donors (Lipinski definition) is 1. The number of benzene rings is 2. The van der Waals surface area contributed by atoms with E-state index in [0.29, 0.717) is 18.7 Å². The number of hydrogen-bond acceptors (Lipinski definition) is 5. The van der Waals surface area contributed by atoms with Gasteiger partial charge >= 0.3 is 0 Å². The highest BCUT2D eigenvalue weighted by atomic mass is 16.5. The van der Waals surface area contributed by atoms with Gasteiger partial charge in [0.2, 0.25) is 0 Å². The number of carbonyl (C=O) groups excluding carboxylic acids is 2. The molecule has 2 unspecified atom stereocenters. The summed E-state index contributed by atoms with van der Waals surface area (Å²) in [6.07, 6.45) is 2.59. The van der Waals surface area contributed by atoms with E-state index in [1.807, 2.05) is 48.5 Å². The van der Waals surface area contributed by atoms with Gasteiger partial charge in [-0.2, -0.15) is 0 Å². The Bertz CT molecular complexity index is 1050. The molecule has 0 bridgehead atoms. The van der Waals surface area contributed by atoms with Crippen molar-refractivity contribution in [3.8, 4) is 0 Å². The topological polar surface area (TPSA) is 70.1 Å². The van der Waals surface area contributed by atoms with E-state index >= 15 is 0 Å². The van der Waals surface area contributed by atoms with Crippen LogP contribution in [0.15, 0.2) is 54.1 Å². The molecule has 2 aliphatic rings. The molecule has 2 aromatic carbocycles. The summed E-state index contributed by atoms with van der Waals surface area (Å²) < 4.78 is 5.78. The Balaban J connectivity index is 1.77. The van der Waals surface area contributed by atoms with Gasteiger partial charge < -0.3 is 19.6 Å². The molecule has 1 N–H and O–H groups in total. The second-order valence-electron chi connectivity index (χ2n) is 8.90. The molecule has 2 heterocycles. The number of amides is 1. The van der Waals surface area contributed by atoms with Gasteiger partial charge in [0.1, 0.15) is 5.76 Å². The van der Waals surface area contributed by atoms with Gasteiger partial charge in [0, 0.05) is 37.5 Å². The number of aryl methyl sites for hydroxylation is 1. The van der Waals surface area contributed by atoms with Crippen molar-refractivity contribution in [3.63, 3.8) is 0 Å². The molecule has 0 aromatic heterocycles. The van der Waals surface area contributed by atoms with Crippen molar-refractivity contribution in [2.24, 2.45) is 0 Å². The first-order valence-electron chi connectivity index (χ1n) is 12.3. The molecule has 4 rings (SSSR count). The number of aliphatic hydroxyl groups excluding tert-OH is 1. The fraction of sp³-hybridized carbons (Fsp3) is 0.429. The Morgan fingerprint density at radius 1 is 1.03 bits per heavy atom. The molecular formula is C28H34N2O4. The maximum Gasteiger partial charge on any atom is 0.295 e. The van der Waals surface area contributed by atoms with E-state index in [4.69, 9.17) is 4.74 Å². The molecular weight excluding hydrogens is 428 g/mol. The van der Waals surface area contributed by atoms with Crippen LogP contribution in [0.3, 0.4) is 0 Å². The van der Waals surface area contributed by atoms with Crippen molar-refractivity contribution in [2.45, 2.75) is 52.2 Å². The Morgan fingerprint density at radius 2 is 1.71 bits per heavy atom. The first-order chi connectivity index (χ1) is 16.5. The van der Waals surface area contributed by atoms with Gasteiger partial charge in [0.25, 0.3) is 11.7 Å². The molecule has 34 heavy (non-hydrogen) atoms. The molecule has 2 fully saturated rings. The first-order valence-corrected chi connectivity index (χ1v) is 12.3. The molecule has 2 aromatic rings. The molecule has 1 amide bonds. The van der Waals surface area contributed by atoms with Crippen molar-refractivity contribution in [3.05, 3.63) is 70.8 Å². The Labute approximate surface area is 201 Å². The van der Waals surface area contributed by atoms with E-state index in [0.717, 1.165) is 49.2 Å². The third-order valence-corrected chi connectivity index (χ3v) is 6.94. The molecule has 2 saturated heterocycles. The highest BCUT2D eigenvalue weighted by Gasteiger charge is 2.47. The molecule has 180 valence electrons. The van der Waals surface area contributed by atoms with Crippen LogP contribution in [0.4, 0.5) is 5.69 Å². The number of ether oxygens (including phenoxy) is 1. The lowest BCUT2D eigenvalue weighted by atomic mass is 9.94. The smallest absolute Gasteiger partial charge is 0.295 e. The second-order valence-corrected chi connectivity index (χ2v) is 8.90. The fourth-order valence-electron chi connectivity index (χ4n) is 4.93. The second kappa shape index (κ2) is 10.4. The van der Waals surface area contributed by atoms with Gasteiger partial charge in [-0.05, 0) is 56.4 Å². The highest BCUT2D eigenvalue weighted by Crippen LogP contribution is 2.40. The number of likely N-dealkylation sites (tertiary alicyclic amines) is 1. The first kappa shape index (κ1) is 24.0. The van der Waals surface area contributed by atoms with E-state index in [1.54, 1.807) is 4.90 Å². The standard InChI is InChI=1S/C28H34N2O4/c1-4-19-9-11-21(12-10-19)26(31)24-25(20-13-15-22(16-14-20)29(5-2)6-3)30(28(33)27(24)32)18-23-8-7-17-34-23/h9-16,23,25,31H,4-8,17-18H2,1-3H3/b26-24-. The average molecular weight is 463 g/mol. The lowest BCUT2D eigenvalue weighted by Gasteiger charge is -2.28. The van der Waals surface area contributed by atoms with Crippen molar-refractivity contribution in [1.82, 2.24) is 4.90 Å². The number of nitrogens with zero attached hydrogens (tertiary/aromatic N) is 2. The Hall–Kier alpha value is -3.12. The fourth-order valence-corrected chi connectivity index (χ4v) is 4.93. The van der Waals surface area contributed by atoms with Gasteiger partial charge in [0.05, 0.1) is 17.7 Å². The molecule has 6 nitrogen and oxygen atoms in total. The third-order valence-electron chi connectivity index (χ3n) is 6.94. The van der Waals surface area contributed by atoms with Crippen molar-refractivity contribution in [2.75, 3.05) is 31.1 Å². The zero-order valence-corrected chi connectivity index (χ0v) is 20.3. The number of rotatable bonds is 8. The summed E-state index contributed by atoms with van der Waals surface area (Å²) in [5, 5.41) is 11.2. The highest BCUT2D eigenvalue weighted by molar-refractivity contribution is 6.46. The third kappa shape index (κ3) is 4.60. The normalized spacial score (nSPS) is 21.9. The van der Waals surface area contributed by atoms with Crippen molar-refractivity contribution < 1.29 is 19.4 Å². The largest absolute Gasteiger partial charge is 0.507 e. The van der Waals surface area contributed by atoms with E-state index in [-0.39, 0.29) is 17.4 Å². The predicted molar refractivity (Wildman–Crippen MR) is 134 cm³/mol. The number of anilines is 1. The van der Waals surface area contributed by atoms with Crippen LogP contribution >= 0.6 is 0 Å². The summed E-state index contributed by atoms with van der Waals surface area (Å²) >= 11 is 0. The molecule has 0 spiro atoms. The minimum absolute atomic E-state index is 0.0977. The van der Waals surface area contributed by atoms with Crippen LogP contribution < -0.4 is 4.90 Å². The van der Waals surface area contributed by atoms with Crippen LogP contribution in [0.25, 0.3) is 5.76 Å². The maximum absolute atomic E-state index is 13.2. The lowest BCUT2D eigenvalue weighted by molar-refractivity contribution is -0.140. The van der Waals surface area contributed by atoms with E-state index in [1.165, 1.54) is 0 Å². The van der Waals surface area contributed by atoms with Crippen LogP contribution in [0.1, 0.15) is 56.3 Å².